The maximum atomic E-state index is 11.0. The number of ether oxygens (including phenoxy) is 1. The molecule has 0 aliphatic rings. The van der Waals surface area contributed by atoms with E-state index in [0.717, 1.165) is 5.56 Å². The molecule has 0 spiro atoms. The van der Waals surface area contributed by atoms with E-state index in [1.807, 2.05) is 12.1 Å². The lowest BCUT2D eigenvalue weighted by Gasteiger charge is -1.97. The highest BCUT2D eigenvalue weighted by molar-refractivity contribution is 9.12. The first-order chi connectivity index (χ1) is 6.63. The summed E-state index contributed by atoms with van der Waals surface area (Å²) in [6.45, 7) is 0. The van der Waals surface area contributed by atoms with Gasteiger partial charge in [-0.3, -0.25) is 0 Å². The van der Waals surface area contributed by atoms with Crippen LogP contribution in [-0.4, -0.2) is 13.1 Å². The average molecular weight is 276 g/mol. The van der Waals surface area contributed by atoms with Crippen molar-refractivity contribution >= 4 is 39.6 Å². The van der Waals surface area contributed by atoms with Gasteiger partial charge in [-0.2, -0.15) is 0 Å². The van der Waals surface area contributed by atoms with Crippen LogP contribution in [0.5, 0.6) is 0 Å². The molecule has 14 heavy (non-hydrogen) atoms. The Morgan fingerprint density at radius 1 is 1.43 bits per heavy atom. The summed E-state index contributed by atoms with van der Waals surface area (Å²) in [6, 6.07) is 7.13. The lowest BCUT2D eigenvalue weighted by Crippen LogP contribution is -1.98. The first kappa shape index (κ1) is 11.3. The molecule has 4 heteroatoms. The molecule has 0 heterocycles. The van der Waals surface area contributed by atoms with Crippen LogP contribution in [0.1, 0.15) is 5.56 Å². The van der Waals surface area contributed by atoms with Crippen molar-refractivity contribution in [2.45, 2.75) is 0 Å². The van der Waals surface area contributed by atoms with Gasteiger partial charge in [0.15, 0.2) is 0 Å². The van der Waals surface area contributed by atoms with Crippen LogP contribution in [0.15, 0.2) is 28.7 Å². The number of benzene rings is 1. The fraction of sp³-hybridized carbons (Fsp3) is 0.100. The third kappa shape index (κ3) is 3.16. The van der Waals surface area contributed by atoms with Crippen molar-refractivity contribution in [3.8, 4) is 0 Å². The van der Waals surface area contributed by atoms with Gasteiger partial charge in [-0.25, -0.2) is 4.79 Å². The van der Waals surface area contributed by atoms with Crippen molar-refractivity contribution in [3.05, 3.63) is 39.3 Å². The van der Waals surface area contributed by atoms with Gasteiger partial charge >= 0.3 is 5.97 Å². The Hall–Kier alpha value is -0.800. The van der Waals surface area contributed by atoms with Gasteiger partial charge in [-0.05, 0) is 39.7 Å². The van der Waals surface area contributed by atoms with Gasteiger partial charge in [-0.15, -0.1) is 0 Å². The molecule has 0 radical (unpaired) electrons. The standard InChI is InChI=1S/C10H8BrClO2/c1-14-10(13)9(11)6-7-2-4-8(12)5-3-7/h2-6H,1H3/b9-6+. The maximum absolute atomic E-state index is 11.0. The average Bonchev–Trinajstić information content (AvgIpc) is 2.20. The summed E-state index contributed by atoms with van der Waals surface area (Å²) in [5.74, 6) is -0.403. The second-order valence-electron chi connectivity index (χ2n) is 2.54. The number of hydrogen-bond donors (Lipinski definition) is 0. The zero-order valence-electron chi connectivity index (χ0n) is 7.46. The molecule has 0 amide bonds. The molecule has 1 rings (SSSR count). The summed E-state index contributed by atoms with van der Waals surface area (Å²) in [4.78, 5) is 11.0. The third-order valence-corrected chi connectivity index (χ3v) is 2.35. The van der Waals surface area contributed by atoms with E-state index in [4.69, 9.17) is 11.6 Å². The summed E-state index contributed by atoms with van der Waals surface area (Å²) in [7, 11) is 1.33. The predicted molar refractivity (Wildman–Crippen MR) is 60.4 cm³/mol. The molecule has 0 saturated heterocycles. The van der Waals surface area contributed by atoms with E-state index >= 15 is 0 Å². The van der Waals surface area contributed by atoms with Gasteiger partial charge in [0.05, 0.1) is 7.11 Å². The Balaban J connectivity index is 2.86. The highest BCUT2D eigenvalue weighted by Gasteiger charge is 2.04. The van der Waals surface area contributed by atoms with Crippen LogP contribution in [0.25, 0.3) is 6.08 Å². The van der Waals surface area contributed by atoms with Crippen molar-refractivity contribution in [1.29, 1.82) is 0 Å². The molecule has 1 aromatic carbocycles. The van der Waals surface area contributed by atoms with E-state index in [1.165, 1.54) is 7.11 Å². The van der Waals surface area contributed by atoms with Gasteiger partial charge in [0.25, 0.3) is 0 Å². The van der Waals surface area contributed by atoms with Crippen molar-refractivity contribution in [2.75, 3.05) is 7.11 Å². The van der Waals surface area contributed by atoms with Crippen LogP contribution in [0.3, 0.4) is 0 Å². The summed E-state index contributed by atoms with van der Waals surface area (Å²) in [6.07, 6.45) is 1.67. The zero-order valence-corrected chi connectivity index (χ0v) is 9.80. The summed E-state index contributed by atoms with van der Waals surface area (Å²) >= 11 is 8.83. The Morgan fingerprint density at radius 3 is 2.50 bits per heavy atom. The van der Waals surface area contributed by atoms with Crippen LogP contribution in [-0.2, 0) is 9.53 Å². The number of hydrogen-bond acceptors (Lipinski definition) is 2. The van der Waals surface area contributed by atoms with Gasteiger partial charge in [0.1, 0.15) is 4.48 Å². The number of methoxy groups -OCH3 is 1. The minimum atomic E-state index is -0.403. The zero-order chi connectivity index (χ0) is 10.6. The molecule has 0 aliphatic heterocycles. The Morgan fingerprint density at radius 2 is 2.00 bits per heavy atom. The minimum Gasteiger partial charge on any atom is -0.465 e. The SMILES string of the molecule is COC(=O)/C(Br)=C\c1ccc(Cl)cc1. The molecular formula is C10H8BrClO2. The summed E-state index contributed by atoms with van der Waals surface area (Å²) < 4.78 is 4.90. The van der Waals surface area contributed by atoms with Crippen LogP contribution in [0, 0.1) is 0 Å². The second-order valence-corrected chi connectivity index (χ2v) is 3.83. The van der Waals surface area contributed by atoms with Crippen molar-refractivity contribution in [3.63, 3.8) is 0 Å². The molecule has 0 aromatic heterocycles. The molecule has 0 bridgehead atoms. The number of carbonyl (C=O) groups is 1. The number of halogens is 2. The number of carbonyl (C=O) groups excluding carboxylic acids is 1. The minimum absolute atomic E-state index is 0.377. The van der Waals surface area contributed by atoms with E-state index in [-0.39, 0.29) is 0 Å². The second kappa shape index (κ2) is 5.17. The lowest BCUT2D eigenvalue weighted by atomic mass is 10.2. The molecule has 1 aromatic rings. The quantitative estimate of drug-likeness (QED) is 0.612. The van der Waals surface area contributed by atoms with Crippen LogP contribution in [0.4, 0.5) is 0 Å². The molecule has 0 N–H and O–H groups in total. The Kier molecular flexibility index (Phi) is 4.17. The first-order valence-electron chi connectivity index (χ1n) is 3.84. The van der Waals surface area contributed by atoms with E-state index in [2.05, 4.69) is 20.7 Å². The Labute approximate surface area is 95.6 Å². The van der Waals surface area contributed by atoms with Crippen molar-refractivity contribution in [2.24, 2.45) is 0 Å². The molecule has 2 nitrogen and oxygen atoms in total. The molecule has 74 valence electrons. The first-order valence-corrected chi connectivity index (χ1v) is 5.01. The number of rotatable bonds is 2. The van der Waals surface area contributed by atoms with E-state index in [1.54, 1.807) is 18.2 Å². The monoisotopic (exact) mass is 274 g/mol. The molecule has 0 atom stereocenters. The molecule has 0 saturated carbocycles. The highest BCUT2D eigenvalue weighted by atomic mass is 79.9. The van der Waals surface area contributed by atoms with Crippen molar-refractivity contribution in [1.82, 2.24) is 0 Å². The smallest absolute Gasteiger partial charge is 0.344 e. The van der Waals surface area contributed by atoms with Gasteiger partial charge in [0, 0.05) is 5.02 Å². The fourth-order valence-electron chi connectivity index (χ4n) is 0.862. The maximum Gasteiger partial charge on any atom is 0.344 e. The number of esters is 1. The highest BCUT2D eigenvalue weighted by Crippen LogP contribution is 2.16. The van der Waals surface area contributed by atoms with Crippen LogP contribution >= 0.6 is 27.5 Å². The predicted octanol–water partition coefficient (Wildman–Crippen LogP) is 3.25. The Bertz CT molecular complexity index is 357. The lowest BCUT2D eigenvalue weighted by molar-refractivity contribution is -0.135. The summed E-state index contributed by atoms with van der Waals surface area (Å²) in [5.41, 5.74) is 0.881. The van der Waals surface area contributed by atoms with Crippen molar-refractivity contribution < 1.29 is 9.53 Å². The van der Waals surface area contributed by atoms with E-state index < -0.39 is 5.97 Å². The van der Waals surface area contributed by atoms with E-state index in [0.29, 0.717) is 9.51 Å². The molecular weight excluding hydrogens is 267 g/mol. The van der Waals surface area contributed by atoms with Gasteiger partial charge in [0.2, 0.25) is 0 Å². The third-order valence-electron chi connectivity index (χ3n) is 1.54. The summed E-state index contributed by atoms with van der Waals surface area (Å²) in [5, 5.41) is 0.663. The largest absolute Gasteiger partial charge is 0.465 e. The fourth-order valence-corrected chi connectivity index (χ4v) is 1.41. The molecule has 0 fully saturated rings. The molecule has 0 aliphatic carbocycles. The normalized spacial score (nSPS) is 11.2. The topological polar surface area (TPSA) is 26.3 Å². The van der Waals surface area contributed by atoms with Gasteiger partial charge in [-0.1, -0.05) is 23.7 Å². The van der Waals surface area contributed by atoms with Gasteiger partial charge < -0.3 is 4.74 Å². The van der Waals surface area contributed by atoms with Crippen LogP contribution < -0.4 is 0 Å². The van der Waals surface area contributed by atoms with E-state index in [9.17, 15) is 4.79 Å². The van der Waals surface area contributed by atoms with Crippen LogP contribution in [0.2, 0.25) is 5.02 Å². The molecule has 0 unspecified atom stereocenters.